The summed E-state index contributed by atoms with van der Waals surface area (Å²) in [5, 5.41) is 8.96. The number of likely N-dealkylation sites (N-methyl/N-ethyl adjacent to an activating group) is 1. The lowest BCUT2D eigenvalue weighted by Gasteiger charge is -2.23. The Labute approximate surface area is 103 Å². The standard InChI is InChI=1S/C12H14N2O4/c1-7(11(15)16)13(2)8-4-5-9-10(6-8)18-12(17)14(9)3/h4-7H,1-3H3,(H,15,16). The molecule has 2 aromatic rings. The first-order valence-electron chi connectivity index (χ1n) is 5.47. The number of rotatable bonds is 3. The van der Waals surface area contributed by atoms with Crippen molar-refractivity contribution in [1.82, 2.24) is 4.57 Å². The Kier molecular flexibility index (Phi) is 2.86. The molecule has 0 saturated carbocycles. The third-order valence-electron chi connectivity index (χ3n) is 3.12. The van der Waals surface area contributed by atoms with Crippen LogP contribution in [0, 0.1) is 0 Å². The molecule has 2 rings (SSSR count). The smallest absolute Gasteiger partial charge is 0.419 e. The van der Waals surface area contributed by atoms with Crippen LogP contribution in [0.4, 0.5) is 5.69 Å². The molecule has 96 valence electrons. The van der Waals surface area contributed by atoms with Gasteiger partial charge in [-0.15, -0.1) is 0 Å². The largest absolute Gasteiger partial charge is 0.480 e. The summed E-state index contributed by atoms with van der Waals surface area (Å²) in [6.07, 6.45) is 0. The Bertz CT molecular complexity index is 656. The molecule has 1 N–H and O–H groups in total. The Hall–Kier alpha value is -2.24. The van der Waals surface area contributed by atoms with Crippen molar-refractivity contribution in [2.24, 2.45) is 7.05 Å². The summed E-state index contributed by atoms with van der Waals surface area (Å²) in [5.41, 5.74) is 1.82. The minimum atomic E-state index is -0.910. The molecule has 0 saturated heterocycles. The Morgan fingerprint density at radius 1 is 1.50 bits per heavy atom. The van der Waals surface area contributed by atoms with E-state index in [1.165, 1.54) is 4.57 Å². The van der Waals surface area contributed by atoms with Gasteiger partial charge < -0.3 is 14.4 Å². The fraction of sp³-hybridized carbons (Fsp3) is 0.333. The summed E-state index contributed by atoms with van der Waals surface area (Å²) >= 11 is 0. The van der Waals surface area contributed by atoms with Crippen LogP contribution in [0.15, 0.2) is 27.4 Å². The van der Waals surface area contributed by atoms with Crippen molar-refractivity contribution in [3.05, 3.63) is 28.7 Å². The molecule has 0 radical (unpaired) electrons. The molecule has 6 heteroatoms. The van der Waals surface area contributed by atoms with Crippen LogP contribution in [0.2, 0.25) is 0 Å². The molecule has 1 aromatic heterocycles. The maximum atomic E-state index is 11.4. The second kappa shape index (κ2) is 4.21. The summed E-state index contributed by atoms with van der Waals surface area (Å²) in [7, 11) is 3.30. The van der Waals surface area contributed by atoms with Crippen molar-refractivity contribution in [2.45, 2.75) is 13.0 Å². The van der Waals surface area contributed by atoms with E-state index in [0.717, 1.165) is 0 Å². The van der Waals surface area contributed by atoms with Crippen LogP contribution >= 0.6 is 0 Å². The van der Waals surface area contributed by atoms with Gasteiger partial charge in [-0.25, -0.2) is 9.59 Å². The maximum absolute atomic E-state index is 11.4. The fourth-order valence-corrected chi connectivity index (χ4v) is 1.73. The minimum absolute atomic E-state index is 0.434. The highest BCUT2D eigenvalue weighted by atomic mass is 16.4. The number of anilines is 1. The van der Waals surface area contributed by atoms with Gasteiger partial charge in [0.25, 0.3) is 0 Å². The van der Waals surface area contributed by atoms with Gasteiger partial charge in [0.05, 0.1) is 5.52 Å². The lowest BCUT2D eigenvalue weighted by atomic mass is 10.2. The SMILES string of the molecule is CC(C(=O)O)N(C)c1ccc2c(c1)oc(=O)n2C. The predicted octanol–water partition coefficient (Wildman–Crippen LogP) is 1.04. The fourth-order valence-electron chi connectivity index (χ4n) is 1.73. The van der Waals surface area contributed by atoms with E-state index < -0.39 is 17.8 Å². The monoisotopic (exact) mass is 250 g/mol. The Balaban J connectivity index is 2.47. The lowest BCUT2D eigenvalue weighted by molar-refractivity contribution is -0.138. The maximum Gasteiger partial charge on any atom is 0.419 e. The molecule has 0 fully saturated rings. The van der Waals surface area contributed by atoms with Gasteiger partial charge in [0, 0.05) is 25.8 Å². The minimum Gasteiger partial charge on any atom is -0.480 e. The van der Waals surface area contributed by atoms with Crippen molar-refractivity contribution in [3.8, 4) is 0 Å². The van der Waals surface area contributed by atoms with Crippen molar-refractivity contribution < 1.29 is 14.3 Å². The number of hydrogen-bond donors (Lipinski definition) is 1. The molecule has 0 aliphatic heterocycles. The summed E-state index contributed by atoms with van der Waals surface area (Å²) in [6.45, 7) is 1.59. The number of carboxylic acid groups (broad SMARTS) is 1. The van der Waals surface area contributed by atoms with Crippen molar-refractivity contribution in [3.63, 3.8) is 0 Å². The van der Waals surface area contributed by atoms with Crippen LogP contribution in [0.1, 0.15) is 6.92 Å². The van der Waals surface area contributed by atoms with Gasteiger partial charge in [0.2, 0.25) is 0 Å². The molecule has 1 unspecified atom stereocenters. The Morgan fingerprint density at radius 2 is 2.17 bits per heavy atom. The van der Waals surface area contributed by atoms with Gasteiger partial charge in [-0.2, -0.15) is 0 Å². The number of oxazole rings is 1. The average molecular weight is 250 g/mol. The van der Waals surface area contributed by atoms with E-state index in [1.54, 1.807) is 44.1 Å². The molecule has 18 heavy (non-hydrogen) atoms. The number of carboxylic acids is 1. The molecule has 0 spiro atoms. The number of fused-ring (bicyclic) bond motifs is 1. The van der Waals surface area contributed by atoms with E-state index in [0.29, 0.717) is 16.8 Å². The first kappa shape index (κ1) is 12.2. The normalized spacial score (nSPS) is 12.6. The zero-order valence-corrected chi connectivity index (χ0v) is 10.4. The number of aliphatic carboxylic acids is 1. The van der Waals surface area contributed by atoms with Gasteiger partial charge in [0.1, 0.15) is 6.04 Å². The Morgan fingerprint density at radius 3 is 2.78 bits per heavy atom. The average Bonchev–Trinajstić information content (AvgIpc) is 2.62. The van der Waals surface area contributed by atoms with E-state index in [2.05, 4.69) is 0 Å². The second-order valence-corrected chi connectivity index (χ2v) is 4.20. The number of aryl methyl sites for hydroxylation is 1. The van der Waals surface area contributed by atoms with Crippen LogP contribution in [0.5, 0.6) is 0 Å². The summed E-state index contributed by atoms with van der Waals surface area (Å²) in [5.74, 6) is -1.34. The van der Waals surface area contributed by atoms with Crippen molar-refractivity contribution in [2.75, 3.05) is 11.9 Å². The summed E-state index contributed by atoms with van der Waals surface area (Å²) < 4.78 is 6.47. The van der Waals surface area contributed by atoms with Gasteiger partial charge in [-0.3, -0.25) is 4.57 Å². The van der Waals surface area contributed by atoms with E-state index >= 15 is 0 Å². The third kappa shape index (κ3) is 1.85. The lowest BCUT2D eigenvalue weighted by Crippen LogP contribution is -2.35. The number of carbonyl (C=O) groups is 1. The highest BCUT2D eigenvalue weighted by Gasteiger charge is 2.18. The quantitative estimate of drug-likeness (QED) is 0.880. The van der Waals surface area contributed by atoms with Crippen LogP contribution in [-0.4, -0.2) is 28.7 Å². The van der Waals surface area contributed by atoms with Gasteiger partial charge in [-0.1, -0.05) is 0 Å². The van der Waals surface area contributed by atoms with Crippen LogP contribution in [0.3, 0.4) is 0 Å². The molecular formula is C12H14N2O4. The van der Waals surface area contributed by atoms with Crippen LogP contribution in [-0.2, 0) is 11.8 Å². The van der Waals surface area contributed by atoms with Gasteiger partial charge in [0.15, 0.2) is 5.58 Å². The molecule has 0 bridgehead atoms. The van der Waals surface area contributed by atoms with Crippen molar-refractivity contribution in [1.29, 1.82) is 0 Å². The summed E-state index contributed by atoms with van der Waals surface area (Å²) in [4.78, 5) is 23.9. The van der Waals surface area contributed by atoms with Crippen molar-refractivity contribution >= 4 is 22.8 Å². The van der Waals surface area contributed by atoms with E-state index in [1.807, 2.05) is 0 Å². The molecule has 0 amide bonds. The topological polar surface area (TPSA) is 75.7 Å². The highest BCUT2D eigenvalue weighted by Crippen LogP contribution is 2.21. The molecular weight excluding hydrogens is 236 g/mol. The second-order valence-electron chi connectivity index (χ2n) is 4.20. The highest BCUT2D eigenvalue weighted by molar-refractivity contribution is 5.81. The first-order chi connectivity index (χ1) is 8.41. The van der Waals surface area contributed by atoms with E-state index in [9.17, 15) is 9.59 Å². The summed E-state index contributed by atoms with van der Waals surface area (Å²) in [6, 6.07) is 4.51. The molecule has 1 heterocycles. The number of aromatic nitrogens is 1. The number of benzene rings is 1. The molecule has 1 atom stereocenters. The third-order valence-corrected chi connectivity index (χ3v) is 3.12. The number of nitrogens with zero attached hydrogens (tertiary/aromatic N) is 2. The molecule has 6 nitrogen and oxygen atoms in total. The predicted molar refractivity (Wildman–Crippen MR) is 67.0 cm³/mol. The number of hydrogen-bond acceptors (Lipinski definition) is 4. The van der Waals surface area contributed by atoms with Gasteiger partial charge in [-0.05, 0) is 19.1 Å². The van der Waals surface area contributed by atoms with E-state index in [-0.39, 0.29) is 0 Å². The van der Waals surface area contributed by atoms with E-state index in [4.69, 9.17) is 9.52 Å². The molecule has 0 aliphatic carbocycles. The molecule has 1 aromatic carbocycles. The zero-order valence-electron chi connectivity index (χ0n) is 10.4. The van der Waals surface area contributed by atoms with Crippen LogP contribution in [0.25, 0.3) is 11.1 Å². The molecule has 0 aliphatic rings. The zero-order chi connectivity index (χ0) is 13.4. The van der Waals surface area contributed by atoms with Crippen LogP contribution < -0.4 is 10.7 Å². The van der Waals surface area contributed by atoms with Gasteiger partial charge >= 0.3 is 11.7 Å². The first-order valence-corrected chi connectivity index (χ1v) is 5.47.